The predicted molar refractivity (Wildman–Crippen MR) is 140 cm³/mol. The lowest BCUT2D eigenvalue weighted by atomic mass is 10.1. The number of halogens is 3. The van der Waals surface area contributed by atoms with Crippen LogP contribution in [0.3, 0.4) is 0 Å². The van der Waals surface area contributed by atoms with Gasteiger partial charge in [0.25, 0.3) is 0 Å². The average Bonchev–Trinajstić information content (AvgIpc) is 3.68. The molecule has 1 amide bonds. The van der Waals surface area contributed by atoms with E-state index in [1.165, 1.54) is 36.0 Å². The summed E-state index contributed by atoms with van der Waals surface area (Å²) < 4.78 is 67.7. The summed E-state index contributed by atoms with van der Waals surface area (Å²) in [5.74, 6) is -0.811. The molecule has 0 heterocycles. The van der Waals surface area contributed by atoms with Crippen LogP contribution in [0.15, 0.2) is 71.6 Å². The zero-order valence-corrected chi connectivity index (χ0v) is 21.8. The average molecular weight is 567 g/mol. The van der Waals surface area contributed by atoms with Crippen molar-refractivity contribution in [1.29, 1.82) is 0 Å². The number of hydrogen-bond donors (Lipinski definition) is 3. The molecule has 38 heavy (non-hydrogen) atoms. The number of ether oxygens (including phenoxy) is 1. The smallest absolute Gasteiger partial charge is 0.506 e. The number of hydrogen-bond acceptors (Lipinski definition) is 6. The Labute approximate surface area is 222 Å². The van der Waals surface area contributed by atoms with Crippen molar-refractivity contribution in [3.8, 4) is 11.5 Å². The van der Waals surface area contributed by atoms with E-state index >= 15 is 0 Å². The summed E-state index contributed by atoms with van der Waals surface area (Å²) in [5.41, 5.74) is 1.96. The Morgan fingerprint density at radius 1 is 1.08 bits per heavy atom. The van der Waals surface area contributed by atoms with E-state index in [1.807, 2.05) is 19.1 Å². The number of aromatic hydroxyl groups is 1. The number of rotatable bonds is 10. The molecule has 12 heteroatoms. The van der Waals surface area contributed by atoms with Crippen LogP contribution in [0.1, 0.15) is 36.1 Å². The van der Waals surface area contributed by atoms with E-state index in [2.05, 4.69) is 14.8 Å². The van der Waals surface area contributed by atoms with Gasteiger partial charge in [-0.3, -0.25) is 9.52 Å². The molecule has 1 saturated carbocycles. The minimum atomic E-state index is -4.73. The third kappa shape index (κ3) is 7.81. The van der Waals surface area contributed by atoms with Crippen LogP contribution in [0.5, 0.6) is 11.5 Å². The van der Waals surface area contributed by atoms with Crippen molar-refractivity contribution >= 4 is 39.1 Å². The fraction of sp³-hybridized carbons (Fsp3) is 0.269. The Hall–Kier alpha value is -3.38. The van der Waals surface area contributed by atoms with Crippen LogP contribution in [0.25, 0.3) is 0 Å². The lowest BCUT2D eigenvalue weighted by molar-refractivity contribution is -0.274. The highest BCUT2D eigenvalue weighted by Crippen LogP contribution is 2.36. The minimum absolute atomic E-state index is 0.0278. The monoisotopic (exact) mass is 566 g/mol. The highest BCUT2D eigenvalue weighted by molar-refractivity contribution is 7.99. The summed E-state index contributed by atoms with van der Waals surface area (Å²) in [6.45, 7) is 1.93. The molecule has 202 valence electrons. The molecule has 0 aliphatic heterocycles. The topological polar surface area (TPSA) is 105 Å². The molecule has 1 aliphatic rings. The summed E-state index contributed by atoms with van der Waals surface area (Å²) in [6.07, 6.45) is -3.59. The molecular formula is C26H25F3N2O5S2. The van der Waals surface area contributed by atoms with E-state index < -0.39 is 21.6 Å². The second kappa shape index (κ2) is 11.2. The van der Waals surface area contributed by atoms with Gasteiger partial charge in [-0.15, -0.1) is 24.9 Å². The van der Waals surface area contributed by atoms with E-state index in [9.17, 15) is 31.5 Å². The summed E-state index contributed by atoms with van der Waals surface area (Å²) in [6, 6.07) is 17.2. The predicted octanol–water partition coefficient (Wildman–Crippen LogP) is 6.23. The lowest BCUT2D eigenvalue weighted by Gasteiger charge is -2.14. The summed E-state index contributed by atoms with van der Waals surface area (Å²) in [5, 5.41) is 12.3. The van der Waals surface area contributed by atoms with Crippen molar-refractivity contribution in [1.82, 2.24) is 0 Å². The zero-order chi connectivity index (χ0) is 27.5. The van der Waals surface area contributed by atoms with Crippen LogP contribution in [0, 0.1) is 0 Å². The van der Waals surface area contributed by atoms with Gasteiger partial charge in [0, 0.05) is 15.8 Å². The maximum atomic E-state index is 12.5. The van der Waals surface area contributed by atoms with E-state index in [4.69, 9.17) is 0 Å². The van der Waals surface area contributed by atoms with Gasteiger partial charge < -0.3 is 15.2 Å². The van der Waals surface area contributed by atoms with Crippen LogP contribution in [0.4, 0.5) is 24.5 Å². The molecule has 1 unspecified atom stereocenters. The standard InChI is InChI=1S/C26H25F3N2O5S2/c1-16(18-3-7-20(8-4-18)36-26(27,28)29)37-21-9-5-19(6-10-21)30-25(33)15-17-2-13-24(32)23(14-17)31-38(34,35)22-11-12-22/h2-10,13-14,16,22,31-32H,11-12,15H2,1H3,(H,30,33). The minimum Gasteiger partial charge on any atom is -0.506 e. The Morgan fingerprint density at radius 2 is 1.74 bits per heavy atom. The molecule has 0 bridgehead atoms. The van der Waals surface area contributed by atoms with Crippen LogP contribution < -0.4 is 14.8 Å². The first-order chi connectivity index (χ1) is 17.9. The number of thioether (sulfide) groups is 1. The van der Waals surface area contributed by atoms with E-state index in [0.29, 0.717) is 24.1 Å². The summed E-state index contributed by atoms with van der Waals surface area (Å²) in [4.78, 5) is 13.4. The normalized spacial score (nSPS) is 14.5. The Kier molecular flexibility index (Phi) is 8.12. The number of nitrogens with one attached hydrogen (secondary N) is 2. The fourth-order valence-corrected chi connectivity index (χ4v) is 6.00. The van der Waals surface area contributed by atoms with Gasteiger partial charge in [-0.05, 0) is 79.4 Å². The van der Waals surface area contributed by atoms with E-state index in [1.54, 1.807) is 30.3 Å². The number of carbonyl (C=O) groups is 1. The third-order valence-corrected chi connectivity index (χ3v) is 8.70. The first-order valence-electron chi connectivity index (χ1n) is 11.6. The van der Waals surface area contributed by atoms with Crippen LogP contribution in [0.2, 0.25) is 0 Å². The zero-order valence-electron chi connectivity index (χ0n) is 20.2. The van der Waals surface area contributed by atoms with Gasteiger partial charge in [-0.25, -0.2) is 8.42 Å². The maximum absolute atomic E-state index is 12.5. The SMILES string of the molecule is CC(Sc1ccc(NC(=O)Cc2ccc(O)c(NS(=O)(=O)C3CC3)c2)cc1)c1ccc(OC(F)(F)F)cc1. The van der Waals surface area contributed by atoms with Gasteiger partial charge in [0.1, 0.15) is 11.5 Å². The molecule has 1 aliphatic carbocycles. The van der Waals surface area contributed by atoms with Gasteiger partial charge in [0.05, 0.1) is 17.4 Å². The molecule has 3 aromatic rings. The number of alkyl halides is 3. The van der Waals surface area contributed by atoms with Crippen molar-refractivity contribution in [2.24, 2.45) is 0 Å². The summed E-state index contributed by atoms with van der Waals surface area (Å²) in [7, 11) is -3.55. The fourth-order valence-electron chi connectivity index (χ4n) is 3.61. The van der Waals surface area contributed by atoms with Crippen molar-refractivity contribution in [3.63, 3.8) is 0 Å². The highest BCUT2D eigenvalue weighted by Gasteiger charge is 2.36. The maximum Gasteiger partial charge on any atom is 0.573 e. The van der Waals surface area contributed by atoms with Gasteiger partial charge in [0.15, 0.2) is 0 Å². The van der Waals surface area contributed by atoms with Gasteiger partial charge in [0.2, 0.25) is 15.9 Å². The molecule has 0 radical (unpaired) electrons. The van der Waals surface area contributed by atoms with Crippen molar-refractivity contribution in [2.75, 3.05) is 10.0 Å². The molecule has 1 fully saturated rings. The van der Waals surface area contributed by atoms with Crippen LogP contribution in [-0.4, -0.2) is 31.0 Å². The molecule has 3 N–H and O–H groups in total. The Morgan fingerprint density at radius 3 is 2.34 bits per heavy atom. The summed E-state index contributed by atoms with van der Waals surface area (Å²) >= 11 is 1.50. The van der Waals surface area contributed by atoms with E-state index in [0.717, 1.165) is 10.5 Å². The second-order valence-corrected chi connectivity index (χ2v) is 12.2. The van der Waals surface area contributed by atoms with Crippen molar-refractivity contribution < 1.29 is 36.2 Å². The van der Waals surface area contributed by atoms with Crippen molar-refractivity contribution in [3.05, 3.63) is 77.9 Å². The number of phenolic OH excluding ortho intramolecular Hbond substituents is 1. The number of anilines is 2. The first kappa shape index (κ1) is 27.6. The van der Waals surface area contributed by atoms with Crippen molar-refractivity contribution in [2.45, 2.75) is 47.9 Å². The lowest BCUT2D eigenvalue weighted by Crippen LogP contribution is -2.18. The van der Waals surface area contributed by atoms with Gasteiger partial charge in [-0.1, -0.05) is 18.2 Å². The number of amides is 1. The van der Waals surface area contributed by atoms with Crippen LogP contribution in [-0.2, 0) is 21.2 Å². The molecule has 0 aromatic heterocycles. The van der Waals surface area contributed by atoms with Gasteiger partial charge in [-0.2, -0.15) is 0 Å². The number of carbonyl (C=O) groups excluding carboxylic acids is 1. The first-order valence-corrected chi connectivity index (χ1v) is 14.1. The third-order valence-electron chi connectivity index (χ3n) is 5.68. The molecule has 0 saturated heterocycles. The molecule has 7 nitrogen and oxygen atoms in total. The Balaban J connectivity index is 1.31. The number of phenols is 1. The number of sulfonamides is 1. The molecule has 3 aromatic carbocycles. The Bertz CT molecular complexity index is 1390. The molecule has 4 rings (SSSR count). The molecule has 1 atom stereocenters. The molecule has 0 spiro atoms. The number of benzene rings is 3. The van der Waals surface area contributed by atoms with Gasteiger partial charge >= 0.3 is 6.36 Å². The molecular weight excluding hydrogens is 541 g/mol. The quantitative estimate of drug-likeness (QED) is 0.199. The van der Waals surface area contributed by atoms with E-state index in [-0.39, 0.29) is 34.8 Å². The largest absolute Gasteiger partial charge is 0.573 e. The second-order valence-electron chi connectivity index (χ2n) is 8.82. The highest BCUT2D eigenvalue weighted by atomic mass is 32.2. The van der Waals surface area contributed by atoms with Crippen LogP contribution >= 0.6 is 11.8 Å².